The summed E-state index contributed by atoms with van der Waals surface area (Å²) in [6, 6.07) is 2.28. The molecule has 146 valence electrons. The van der Waals surface area contributed by atoms with Gasteiger partial charge < -0.3 is 14.5 Å². The van der Waals surface area contributed by atoms with Gasteiger partial charge in [-0.25, -0.2) is 0 Å². The first-order chi connectivity index (χ1) is 13.5. The first-order valence-electron chi connectivity index (χ1n) is 9.88. The highest BCUT2D eigenvalue weighted by Crippen LogP contribution is 2.59. The molecule has 5 heteroatoms. The normalized spacial score (nSPS) is 28.0. The van der Waals surface area contributed by atoms with Crippen molar-refractivity contribution in [3.63, 3.8) is 0 Å². The van der Waals surface area contributed by atoms with Crippen molar-refractivity contribution in [2.75, 3.05) is 20.3 Å². The number of methoxy groups -OCH3 is 1. The maximum Gasteiger partial charge on any atom is 0.252 e. The fourth-order valence-corrected chi connectivity index (χ4v) is 4.96. The molecular formula is C23H26N2O3. The third-order valence-corrected chi connectivity index (χ3v) is 6.41. The van der Waals surface area contributed by atoms with Crippen LogP contribution in [0.3, 0.4) is 0 Å². The molecule has 1 saturated carbocycles. The minimum atomic E-state index is -0.418. The van der Waals surface area contributed by atoms with Crippen molar-refractivity contribution in [3.8, 4) is 6.07 Å². The van der Waals surface area contributed by atoms with E-state index in [2.05, 4.69) is 24.9 Å². The molecule has 0 aliphatic heterocycles. The maximum absolute atomic E-state index is 13.1. The van der Waals surface area contributed by atoms with Crippen molar-refractivity contribution in [2.45, 2.75) is 39.0 Å². The molecule has 0 aromatic carbocycles. The first-order valence-corrected chi connectivity index (χ1v) is 9.88. The molecule has 1 N–H and O–H groups in total. The zero-order valence-corrected chi connectivity index (χ0v) is 16.8. The molecule has 4 atom stereocenters. The fraction of sp³-hybridized carbons (Fsp3) is 0.478. The number of H-pyrrole nitrogens is 1. The molecule has 3 unspecified atom stereocenters. The van der Waals surface area contributed by atoms with Gasteiger partial charge in [-0.3, -0.25) is 4.79 Å². The van der Waals surface area contributed by atoms with Crippen LogP contribution in [0, 0.1) is 30.1 Å². The lowest BCUT2D eigenvalue weighted by Gasteiger charge is -2.25. The number of ether oxygens (including phenoxy) is 2. The van der Waals surface area contributed by atoms with Crippen molar-refractivity contribution < 1.29 is 9.47 Å². The number of aromatic nitrogens is 1. The monoisotopic (exact) mass is 378 g/mol. The summed E-state index contributed by atoms with van der Waals surface area (Å²) in [5.74, 6) is 0.823. The molecule has 1 aromatic heterocycles. The number of fused-ring (bicyclic) bond motifs is 3. The van der Waals surface area contributed by atoms with Crippen molar-refractivity contribution in [1.29, 1.82) is 5.26 Å². The molecular weight excluding hydrogens is 352 g/mol. The Bertz CT molecular complexity index is 1010. The van der Waals surface area contributed by atoms with E-state index in [0.29, 0.717) is 30.8 Å². The second-order valence-electron chi connectivity index (χ2n) is 7.84. The second kappa shape index (κ2) is 7.10. The van der Waals surface area contributed by atoms with Gasteiger partial charge in [0.15, 0.2) is 0 Å². The maximum atomic E-state index is 13.1. The molecule has 0 amide bonds. The Hall–Kier alpha value is -2.58. The fourth-order valence-electron chi connectivity index (χ4n) is 4.96. The highest BCUT2D eigenvalue weighted by atomic mass is 16.5. The first kappa shape index (κ1) is 18.8. The predicted octanol–water partition coefficient (Wildman–Crippen LogP) is 3.85. The van der Waals surface area contributed by atoms with Crippen LogP contribution in [0.15, 0.2) is 45.6 Å². The minimum absolute atomic E-state index is 0.0586. The number of hydrogen-bond donors (Lipinski definition) is 1. The van der Waals surface area contributed by atoms with Crippen LogP contribution in [0.4, 0.5) is 0 Å². The molecule has 0 radical (unpaired) electrons. The Morgan fingerprint density at radius 3 is 2.75 bits per heavy atom. The van der Waals surface area contributed by atoms with Gasteiger partial charge >= 0.3 is 0 Å². The van der Waals surface area contributed by atoms with Gasteiger partial charge in [-0.15, -0.1) is 0 Å². The van der Waals surface area contributed by atoms with E-state index in [1.54, 1.807) is 7.11 Å². The number of nitrogens with zero attached hydrogens (tertiary/aromatic N) is 1. The third-order valence-electron chi connectivity index (χ3n) is 6.41. The zero-order chi connectivity index (χ0) is 20.0. The van der Waals surface area contributed by atoms with E-state index in [1.165, 1.54) is 11.1 Å². The van der Waals surface area contributed by atoms with Gasteiger partial charge in [0.05, 0.1) is 19.8 Å². The Morgan fingerprint density at radius 2 is 2.07 bits per heavy atom. The highest BCUT2D eigenvalue weighted by molar-refractivity contribution is 5.58. The van der Waals surface area contributed by atoms with E-state index in [4.69, 9.17) is 9.47 Å². The Balaban J connectivity index is 2.01. The Labute approximate surface area is 165 Å². The smallest absolute Gasteiger partial charge is 0.252 e. The van der Waals surface area contributed by atoms with Crippen LogP contribution < -0.4 is 5.56 Å². The molecule has 1 heterocycles. The number of pyridine rings is 1. The molecule has 4 rings (SSSR count). The lowest BCUT2D eigenvalue weighted by molar-refractivity contribution is 0.166. The van der Waals surface area contributed by atoms with Crippen molar-refractivity contribution in [1.82, 2.24) is 4.98 Å². The Kier molecular flexibility index (Phi) is 4.76. The molecule has 1 aromatic rings. The number of hydrogen-bond acceptors (Lipinski definition) is 4. The average Bonchev–Trinajstić information content (AvgIpc) is 3.38. The summed E-state index contributed by atoms with van der Waals surface area (Å²) in [5.41, 5.74) is 6.38. The van der Waals surface area contributed by atoms with Gasteiger partial charge in [0, 0.05) is 29.9 Å². The molecule has 0 spiro atoms. The van der Waals surface area contributed by atoms with Crippen LogP contribution in [0.25, 0.3) is 0 Å². The van der Waals surface area contributed by atoms with E-state index in [0.717, 1.165) is 28.7 Å². The van der Waals surface area contributed by atoms with Crippen molar-refractivity contribution in [3.05, 3.63) is 67.9 Å². The summed E-state index contributed by atoms with van der Waals surface area (Å²) in [6.07, 6.45) is 6.72. The number of nitrogens with one attached hydrogen (secondary N) is 1. The quantitative estimate of drug-likeness (QED) is 0.790. The van der Waals surface area contributed by atoms with E-state index in [1.807, 2.05) is 25.3 Å². The van der Waals surface area contributed by atoms with Gasteiger partial charge in [-0.2, -0.15) is 5.26 Å². The van der Waals surface area contributed by atoms with Gasteiger partial charge in [0.1, 0.15) is 11.7 Å². The molecule has 28 heavy (non-hydrogen) atoms. The van der Waals surface area contributed by atoms with E-state index >= 15 is 0 Å². The zero-order valence-electron chi connectivity index (χ0n) is 16.8. The molecule has 0 saturated heterocycles. The number of rotatable bonds is 5. The average molecular weight is 378 g/mol. The van der Waals surface area contributed by atoms with Crippen LogP contribution in [-0.4, -0.2) is 25.3 Å². The lowest BCUT2D eigenvalue weighted by atomic mass is 9.80. The van der Waals surface area contributed by atoms with Crippen molar-refractivity contribution >= 4 is 0 Å². The number of nitriles is 1. The van der Waals surface area contributed by atoms with Crippen LogP contribution in [-0.2, 0) is 9.47 Å². The molecule has 3 aliphatic carbocycles. The lowest BCUT2D eigenvalue weighted by Crippen LogP contribution is -2.24. The van der Waals surface area contributed by atoms with Crippen molar-refractivity contribution in [2.24, 2.45) is 11.8 Å². The summed E-state index contributed by atoms with van der Waals surface area (Å²) in [6.45, 7) is 7.32. The topological polar surface area (TPSA) is 75.1 Å². The van der Waals surface area contributed by atoms with Gasteiger partial charge in [-0.05, 0) is 55.7 Å². The third kappa shape index (κ3) is 2.75. The van der Waals surface area contributed by atoms with E-state index < -0.39 is 5.92 Å². The van der Waals surface area contributed by atoms with Crippen LogP contribution in [0.1, 0.15) is 48.8 Å². The second-order valence-corrected chi connectivity index (χ2v) is 7.84. The summed E-state index contributed by atoms with van der Waals surface area (Å²) in [5, 5.41) is 9.52. The molecule has 5 nitrogen and oxygen atoms in total. The largest absolute Gasteiger partial charge is 0.499 e. The van der Waals surface area contributed by atoms with Crippen LogP contribution in [0.2, 0.25) is 0 Å². The number of allylic oxidation sites excluding steroid dienone is 4. The summed E-state index contributed by atoms with van der Waals surface area (Å²) < 4.78 is 11.5. The predicted molar refractivity (Wildman–Crippen MR) is 107 cm³/mol. The Morgan fingerprint density at radius 1 is 1.29 bits per heavy atom. The number of aromatic amines is 1. The highest BCUT2D eigenvalue weighted by Gasteiger charge is 2.48. The summed E-state index contributed by atoms with van der Waals surface area (Å²) in [4.78, 5) is 16.0. The van der Waals surface area contributed by atoms with Gasteiger partial charge in [0.2, 0.25) is 0 Å². The van der Waals surface area contributed by atoms with Gasteiger partial charge in [-0.1, -0.05) is 17.7 Å². The molecule has 3 aliphatic rings. The summed E-state index contributed by atoms with van der Waals surface area (Å²) in [7, 11) is 1.60. The molecule has 1 fully saturated rings. The van der Waals surface area contributed by atoms with E-state index in [-0.39, 0.29) is 11.5 Å². The van der Waals surface area contributed by atoms with E-state index in [9.17, 15) is 10.1 Å². The standard InChI is InChI=1S/C23H26N2O3/c1-5-28-11-18-13(3)16-8-17(16)19-12(2)10-25-23(26)21(19)20(18)15-7-6-14(9-24)22(15)27-4/h6-7,10,14,16-17,20H,5,8,11H2,1-4H3,(H,25,26)/t14?,16-,17?,20?/m1/s1. The molecule has 0 bridgehead atoms. The summed E-state index contributed by atoms with van der Waals surface area (Å²) >= 11 is 0. The SMILES string of the molecule is CCOCC1=C(C)[C@H]2CC2c2c(C)c[nH]c(=O)c2C1C1=C(OC)C(C#N)C=C1. The minimum Gasteiger partial charge on any atom is -0.499 e. The van der Waals surface area contributed by atoms with Crippen LogP contribution >= 0.6 is 0 Å². The van der Waals surface area contributed by atoms with Crippen LogP contribution in [0.5, 0.6) is 0 Å². The number of aryl methyl sites for hydroxylation is 1. The van der Waals surface area contributed by atoms with Gasteiger partial charge in [0.25, 0.3) is 5.56 Å².